The van der Waals surface area contributed by atoms with Crippen LogP contribution >= 0.6 is 0 Å². The van der Waals surface area contributed by atoms with Crippen LogP contribution < -0.4 is 16.0 Å². The fourth-order valence-electron chi connectivity index (χ4n) is 5.63. The lowest BCUT2D eigenvalue weighted by atomic mass is 10.0. The van der Waals surface area contributed by atoms with Crippen molar-refractivity contribution in [2.24, 2.45) is 0 Å². The second-order valence-corrected chi connectivity index (χ2v) is 13.4. The molecule has 4 N–H and O–H groups in total. The summed E-state index contributed by atoms with van der Waals surface area (Å²) in [7, 11) is 0. The molecule has 0 spiro atoms. The number of amides is 4. The van der Waals surface area contributed by atoms with Crippen molar-refractivity contribution in [3.05, 3.63) is 84.4 Å². The third-order valence-corrected chi connectivity index (χ3v) is 8.02. The summed E-state index contributed by atoms with van der Waals surface area (Å²) in [4.78, 5) is 63.0. The summed E-state index contributed by atoms with van der Waals surface area (Å²) in [5.41, 5.74) is 0.375. The molecule has 1 fully saturated rings. The molecule has 12 nitrogen and oxygen atoms in total. The number of likely N-dealkylation sites (tertiary alicyclic amines) is 1. The van der Waals surface area contributed by atoms with Crippen LogP contribution in [0.4, 0.5) is 10.6 Å². The number of hydrogen-bond donors (Lipinski definition) is 4. The second kappa shape index (κ2) is 13.7. The molecule has 0 bridgehead atoms. The maximum atomic E-state index is 13.9. The largest absolute Gasteiger partial charge is 0.444 e. The number of aromatic nitrogens is 3. The number of imidazole rings is 1. The van der Waals surface area contributed by atoms with Gasteiger partial charge in [-0.05, 0) is 64.7 Å². The molecule has 47 heavy (non-hydrogen) atoms. The molecule has 1 saturated heterocycles. The predicted molar refractivity (Wildman–Crippen MR) is 179 cm³/mol. The number of hydrogen-bond acceptors (Lipinski definition) is 6. The Bertz CT molecular complexity index is 1730. The molecular formula is C35H43N7O5. The first-order valence-electron chi connectivity index (χ1n) is 15.9. The van der Waals surface area contributed by atoms with Crippen LogP contribution in [0.5, 0.6) is 0 Å². The van der Waals surface area contributed by atoms with E-state index in [1.807, 2.05) is 65.7 Å². The lowest BCUT2D eigenvalue weighted by molar-refractivity contribution is -0.132. The average molecular weight is 642 g/mol. The number of carbonyl (C=O) groups excluding carboxylic acids is 4. The molecule has 1 aliphatic rings. The van der Waals surface area contributed by atoms with E-state index in [1.165, 1.54) is 20.2 Å². The SMILES string of the molecule is CC(C)(C)OC(=O)NC(C)(C)C(=O)NC(Cc1c[nH]c2ccccc12)C(=O)Nc1cn(C(C(=O)N2CCCC2)c2ccccc2)cn1. The van der Waals surface area contributed by atoms with E-state index >= 15 is 0 Å². The first kappa shape index (κ1) is 33.2. The molecule has 2 atom stereocenters. The van der Waals surface area contributed by atoms with Crippen LogP contribution in [0.15, 0.2) is 73.3 Å². The maximum Gasteiger partial charge on any atom is 0.408 e. The standard InChI is InChI=1S/C35H43N7O5/c1-34(2,3)47-33(46)40-35(4,5)32(45)38-27(19-24-20-36-26-16-10-9-15-25(24)26)30(43)39-28-21-42(22-37-28)29(23-13-7-6-8-14-23)31(44)41-17-11-12-18-41/h6-10,13-16,20-22,27,29,36H,11-12,17-19H2,1-5H3,(H,38,45)(H,39,43)(H,40,46). The second-order valence-electron chi connectivity index (χ2n) is 13.4. The van der Waals surface area contributed by atoms with Crippen molar-refractivity contribution in [2.45, 2.75) is 77.1 Å². The van der Waals surface area contributed by atoms with Gasteiger partial charge in [0.05, 0.1) is 6.33 Å². The monoisotopic (exact) mass is 641 g/mol. The van der Waals surface area contributed by atoms with Crippen LogP contribution in [-0.4, -0.2) is 73.5 Å². The van der Waals surface area contributed by atoms with E-state index in [4.69, 9.17) is 4.74 Å². The molecular weight excluding hydrogens is 598 g/mol. The highest BCUT2D eigenvalue weighted by molar-refractivity contribution is 5.99. The number of alkyl carbamates (subject to hydrolysis) is 1. The molecule has 2 unspecified atom stereocenters. The zero-order valence-corrected chi connectivity index (χ0v) is 27.5. The van der Waals surface area contributed by atoms with Gasteiger partial charge in [-0.15, -0.1) is 0 Å². The highest BCUT2D eigenvalue weighted by Crippen LogP contribution is 2.25. The minimum atomic E-state index is -1.40. The Balaban J connectivity index is 1.38. The summed E-state index contributed by atoms with van der Waals surface area (Å²) in [6.07, 6.45) is 6.30. The van der Waals surface area contributed by atoms with E-state index in [9.17, 15) is 19.2 Å². The van der Waals surface area contributed by atoms with Gasteiger partial charge in [-0.1, -0.05) is 48.5 Å². The number of ether oxygens (including phenoxy) is 1. The molecule has 248 valence electrons. The molecule has 4 amide bonds. The van der Waals surface area contributed by atoms with Gasteiger partial charge in [0.25, 0.3) is 0 Å². The topological polar surface area (TPSA) is 150 Å². The van der Waals surface area contributed by atoms with Crippen molar-refractivity contribution in [3.8, 4) is 0 Å². The number of nitrogens with one attached hydrogen (secondary N) is 4. The molecule has 0 saturated carbocycles. The Labute approximate surface area is 274 Å². The van der Waals surface area contributed by atoms with Gasteiger partial charge in [0, 0.05) is 42.8 Å². The van der Waals surface area contributed by atoms with E-state index in [2.05, 4.69) is 25.9 Å². The number of nitrogens with zero attached hydrogens (tertiary/aromatic N) is 3. The van der Waals surface area contributed by atoms with E-state index in [0.29, 0.717) is 13.1 Å². The summed E-state index contributed by atoms with van der Waals surface area (Å²) in [6.45, 7) is 9.67. The molecule has 4 aromatic rings. The van der Waals surface area contributed by atoms with E-state index in [0.717, 1.165) is 34.9 Å². The molecule has 1 aliphatic heterocycles. The number of benzene rings is 2. The molecule has 2 aromatic carbocycles. The van der Waals surface area contributed by atoms with Gasteiger partial charge in [0.2, 0.25) is 17.7 Å². The van der Waals surface area contributed by atoms with Crippen LogP contribution in [0.3, 0.4) is 0 Å². The van der Waals surface area contributed by atoms with Crippen LogP contribution in [-0.2, 0) is 25.5 Å². The quantitative estimate of drug-likeness (QED) is 0.200. The minimum absolute atomic E-state index is 0.0341. The molecule has 3 heterocycles. The fraction of sp³-hybridized carbons (Fsp3) is 0.400. The Kier molecular flexibility index (Phi) is 9.69. The van der Waals surface area contributed by atoms with Crippen LogP contribution in [0.25, 0.3) is 10.9 Å². The maximum absolute atomic E-state index is 13.9. The molecule has 2 aromatic heterocycles. The summed E-state index contributed by atoms with van der Waals surface area (Å²) >= 11 is 0. The number of aromatic amines is 1. The molecule has 12 heteroatoms. The zero-order chi connectivity index (χ0) is 33.8. The lowest BCUT2D eigenvalue weighted by Gasteiger charge is -2.29. The van der Waals surface area contributed by atoms with Gasteiger partial charge in [-0.25, -0.2) is 9.78 Å². The lowest BCUT2D eigenvalue weighted by Crippen LogP contribution is -2.59. The van der Waals surface area contributed by atoms with Crippen molar-refractivity contribution in [2.75, 3.05) is 18.4 Å². The zero-order valence-electron chi connectivity index (χ0n) is 27.5. The first-order chi connectivity index (χ1) is 22.3. The number of carbonyl (C=O) groups is 4. The van der Waals surface area contributed by atoms with Crippen LogP contribution in [0, 0.1) is 0 Å². The molecule has 5 rings (SSSR count). The summed E-state index contributed by atoms with van der Waals surface area (Å²) in [5.74, 6) is -0.888. The van der Waals surface area contributed by atoms with Crippen LogP contribution in [0.2, 0.25) is 0 Å². The van der Waals surface area contributed by atoms with Crippen molar-refractivity contribution < 1.29 is 23.9 Å². The molecule has 0 aliphatic carbocycles. The van der Waals surface area contributed by atoms with Crippen molar-refractivity contribution in [1.29, 1.82) is 0 Å². The molecule has 0 radical (unpaired) electrons. The van der Waals surface area contributed by atoms with Gasteiger partial charge >= 0.3 is 6.09 Å². The number of anilines is 1. The van der Waals surface area contributed by atoms with Crippen molar-refractivity contribution >= 4 is 40.5 Å². The Hall–Kier alpha value is -5.13. The highest BCUT2D eigenvalue weighted by atomic mass is 16.6. The van der Waals surface area contributed by atoms with Crippen molar-refractivity contribution in [3.63, 3.8) is 0 Å². The van der Waals surface area contributed by atoms with Gasteiger partial charge in [0.15, 0.2) is 5.82 Å². The number of fused-ring (bicyclic) bond motifs is 1. The third-order valence-electron chi connectivity index (χ3n) is 8.02. The van der Waals surface area contributed by atoms with E-state index in [1.54, 1.807) is 31.5 Å². The Morgan fingerprint density at radius 2 is 1.64 bits per heavy atom. The average Bonchev–Trinajstić information content (AvgIpc) is 3.78. The highest BCUT2D eigenvalue weighted by Gasteiger charge is 2.35. The first-order valence-corrected chi connectivity index (χ1v) is 15.9. The van der Waals surface area contributed by atoms with E-state index in [-0.39, 0.29) is 18.1 Å². The van der Waals surface area contributed by atoms with E-state index < -0.39 is 41.1 Å². The fourth-order valence-corrected chi connectivity index (χ4v) is 5.63. The van der Waals surface area contributed by atoms with Crippen LogP contribution in [0.1, 0.15) is 64.6 Å². The van der Waals surface area contributed by atoms with Crippen molar-refractivity contribution in [1.82, 2.24) is 30.1 Å². The Morgan fingerprint density at radius 3 is 2.34 bits per heavy atom. The summed E-state index contributed by atoms with van der Waals surface area (Å²) < 4.78 is 7.04. The van der Waals surface area contributed by atoms with Gasteiger partial charge < -0.3 is 35.1 Å². The summed E-state index contributed by atoms with van der Waals surface area (Å²) in [6, 6.07) is 15.5. The Morgan fingerprint density at radius 1 is 0.957 bits per heavy atom. The number of H-pyrrole nitrogens is 1. The third kappa shape index (κ3) is 8.18. The predicted octanol–water partition coefficient (Wildman–Crippen LogP) is 4.55. The normalized spacial score (nSPS) is 14.8. The van der Waals surface area contributed by atoms with Gasteiger partial charge in [0.1, 0.15) is 23.2 Å². The minimum Gasteiger partial charge on any atom is -0.444 e. The summed E-state index contributed by atoms with van der Waals surface area (Å²) in [5, 5.41) is 9.18. The number of para-hydroxylation sites is 1. The smallest absolute Gasteiger partial charge is 0.408 e. The van der Waals surface area contributed by atoms with Gasteiger partial charge in [-0.2, -0.15) is 0 Å². The van der Waals surface area contributed by atoms with Gasteiger partial charge in [-0.3, -0.25) is 14.4 Å². The number of rotatable bonds is 10.